The fourth-order valence-corrected chi connectivity index (χ4v) is 1.11. The van der Waals surface area contributed by atoms with Gasteiger partial charge < -0.3 is 15.5 Å². The predicted octanol–water partition coefficient (Wildman–Crippen LogP) is 1.28. The Balaban J connectivity index is 2.73. The molecular weight excluding hydrogens is 210 g/mol. The highest BCUT2D eigenvalue weighted by Crippen LogP contribution is 2.19. The monoisotopic (exact) mass is 221 g/mol. The van der Waals surface area contributed by atoms with E-state index in [9.17, 15) is 9.59 Å². The second kappa shape index (κ2) is 4.97. The third-order valence-corrected chi connectivity index (χ3v) is 1.85. The van der Waals surface area contributed by atoms with Crippen LogP contribution in [-0.4, -0.2) is 22.1 Å². The second-order valence-electron chi connectivity index (χ2n) is 3.16. The zero-order valence-corrected chi connectivity index (χ0v) is 8.60. The smallest absolute Gasteiger partial charge is 0.328 e. The predicted molar refractivity (Wildman–Crippen MR) is 58.2 cm³/mol. The van der Waals surface area contributed by atoms with E-state index in [0.717, 1.165) is 12.2 Å². The number of amides is 1. The largest absolute Gasteiger partial charge is 0.508 e. The lowest BCUT2D eigenvalue weighted by Gasteiger charge is -2.06. The van der Waals surface area contributed by atoms with Gasteiger partial charge in [-0.3, -0.25) is 4.79 Å². The summed E-state index contributed by atoms with van der Waals surface area (Å²) in [5.74, 6) is -1.61. The molecule has 0 atom stereocenters. The molecule has 16 heavy (non-hydrogen) atoms. The maximum absolute atomic E-state index is 11.2. The number of carboxylic acid groups (broad SMARTS) is 1. The zero-order valence-electron chi connectivity index (χ0n) is 8.60. The molecular formula is C11H11NO4. The summed E-state index contributed by atoms with van der Waals surface area (Å²) in [6, 6.07) is 4.47. The van der Waals surface area contributed by atoms with Crippen molar-refractivity contribution in [2.75, 3.05) is 5.32 Å². The van der Waals surface area contributed by atoms with Gasteiger partial charge in [-0.2, -0.15) is 0 Å². The standard InChI is InChI=1S/C11H11NO4/c1-7-6-8(13)2-3-9(7)12-10(14)4-5-11(15)16/h2-6,13H,1H3,(H,12,14)(H,15,16)/b5-4+. The number of phenols is 1. The van der Waals surface area contributed by atoms with E-state index in [2.05, 4.69) is 5.32 Å². The molecule has 0 aromatic heterocycles. The van der Waals surface area contributed by atoms with Gasteiger partial charge in [0.15, 0.2) is 0 Å². The van der Waals surface area contributed by atoms with Crippen LogP contribution in [0, 0.1) is 6.92 Å². The highest BCUT2D eigenvalue weighted by atomic mass is 16.4. The number of benzene rings is 1. The van der Waals surface area contributed by atoms with Gasteiger partial charge in [-0.1, -0.05) is 0 Å². The van der Waals surface area contributed by atoms with Crippen molar-refractivity contribution >= 4 is 17.6 Å². The van der Waals surface area contributed by atoms with E-state index in [-0.39, 0.29) is 5.75 Å². The van der Waals surface area contributed by atoms with Crippen LogP contribution < -0.4 is 5.32 Å². The van der Waals surface area contributed by atoms with Gasteiger partial charge in [0, 0.05) is 17.8 Å². The maximum Gasteiger partial charge on any atom is 0.328 e. The van der Waals surface area contributed by atoms with Gasteiger partial charge in [0.05, 0.1) is 0 Å². The van der Waals surface area contributed by atoms with Gasteiger partial charge in [-0.25, -0.2) is 4.79 Å². The Morgan fingerprint density at radius 1 is 1.31 bits per heavy atom. The molecule has 0 aliphatic rings. The van der Waals surface area contributed by atoms with Gasteiger partial charge in [-0.05, 0) is 30.7 Å². The molecule has 0 saturated heterocycles. The summed E-state index contributed by atoms with van der Waals surface area (Å²) in [5, 5.41) is 20.0. The minimum absolute atomic E-state index is 0.108. The van der Waals surface area contributed by atoms with E-state index in [0.29, 0.717) is 11.3 Å². The summed E-state index contributed by atoms with van der Waals surface area (Å²) in [5.41, 5.74) is 1.22. The highest BCUT2D eigenvalue weighted by Gasteiger charge is 2.02. The van der Waals surface area contributed by atoms with E-state index in [1.807, 2.05) is 0 Å². The number of hydrogen-bond donors (Lipinski definition) is 3. The molecule has 5 heteroatoms. The van der Waals surface area contributed by atoms with Crippen LogP contribution in [0.4, 0.5) is 5.69 Å². The number of anilines is 1. The lowest BCUT2D eigenvalue weighted by molar-refractivity contribution is -0.131. The quantitative estimate of drug-likeness (QED) is 0.530. The maximum atomic E-state index is 11.2. The lowest BCUT2D eigenvalue weighted by atomic mass is 10.2. The van der Waals surface area contributed by atoms with Crippen LogP contribution in [-0.2, 0) is 9.59 Å². The Bertz CT molecular complexity index is 451. The third-order valence-electron chi connectivity index (χ3n) is 1.85. The minimum atomic E-state index is -1.18. The average molecular weight is 221 g/mol. The Labute approximate surface area is 92.0 Å². The van der Waals surface area contributed by atoms with E-state index in [1.165, 1.54) is 18.2 Å². The first-order valence-corrected chi connectivity index (χ1v) is 4.50. The topological polar surface area (TPSA) is 86.6 Å². The molecule has 5 nitrogen and oxygen atoms in total. The summed E-state index contributed by atoms with van der Waals surface area (Å²) >= 11 is 0. The van der Waals surface area contributed by atoms with Crippen molar-refractivity contribution in [1.82, 2.24) is 0 Å². The van der Waals surface area contributed by atoms with Gasteiger partial charge >= 0.3 is 5.97 Å². The summed E-state index contributed by atoms with van der Waals surface area (Å²) < 4.78 is 0. The Morgan fingerprint density at radius 2 is 2.00 bits per heavy atom. The fourth-order valence-electron chi connectivity index (χ4n) is 1.11. The van der Waals surface area contributed by atoms with E-state index in [4.69, 9.17) is 10.2 Å². The van der Waals surface area contributed by atoms with Crippen LogP contribution in [0.2, 0.25) is 0 Å². The van der Waals surface area contributed by atoms with Crippen LogP contribution in [0.25, 0.3) is 0 Å². The fraction of sp³-hybridized carbons (Fsp3) is 0.0909. The summed E-state index contributed by atoms with van der Waals surface area (Å²) in [4.78, 5) is 21.4. The number of hydrogen-bond acceptors (Lipinski definition) is 3. The molecule has 1 amide bonds. The molecule has 0 fully saturated rings. The Kier molecular flexibility index (Phi) is 3.66. The second-order valence-corrected chi connectivity index (χ2v) is 3.16. The normalized spacial score (nSPS) is 10.3. The molecule has 0 heterocycles. The summed E-state index contributed by atoms with van der Waals surface area (Å²) in [6.07, 6.45) is 1.68. The minimum Gasteiger partial charge on any atom is -0.508 e. The van der Waals surface area contributed by atoms with Crippen molar-refractivity contribution in [1.29, 1.82) is 0 Å². The number of nitrogens with one attached hydrogen (secondary N) is 1. The number of phenolic OH excluding ortho intramolecular Hbond substituents is 1. The van der Waals surface area contributed by atoms with E-state index >= 15 is 0 Å². The number of aromatic hydroxyl groups is 1. The number of carbonyl (C=O) groups excluding carboxylic acids is 1. The zero-order chi connectivity index (χ0) is 12.1. The molecule has 1 aromatic carbocycles. The number of aliphatic carboxylic acids is 1. The molecule has 0 bridgehead atoms. The average Bonchev–Trinajstić information content (AvgIpc) is 2.19. The number of aryl methyl sites for hydroxylation is 1. The molecule has 3 N–H and O–H groups in total. The SMILES string of the molecule is Cc1cc(O)ccc1NC(=O)/C=C/C(=O)O. The van der Waals surface area contributed by atoms with Crippen LogP contribution in [0.15, 0.2) is 30.4 Å². The molecule has 0 radical (unpaired) electrons. The van der Waals surface area contributed by atoms with Gasteiger partial charge in [0.2, 0.25) is 5.91 Å². The van der Waals surface area contributed by atoms with Crippen LogP contribution >= 0.6 is 0 Å². The summed E-state index contributed by atoms with van der Waals surface area (Å²) in [6.45, 7) is 1.72. The van der Waals surface area contributed by atoms with Crippen LogP contribution in [0.3, 0.4) is 0 Å². The first-order chi connectivity index (χ1) is 7.49. The number of rotatable bonds is 3. The third kappa shape index (κ3) is 3.45. The molecule has 0 aliphatic heterocycles. The Morgan fingerprint density at radius 3 is 2.56 bits per heavy atom. The highest BCUT2D eigenvalue weighted by molar-refractivity contribution is 6.02. The van der Waals surface area contributed by atoms with Crippen molar-refractivity contribution in [3.05, 3.63) is 35.9 Å². The van der Waals surface area contributed by atoms with Gasteiger partial charge in [0.1, 0.15) is 5.75 Å². The van der Waals surface area contributed by atoms with E-state index in [1.54, 1.807) is 6.92 Å². The molecule has 1 aromatic rings. The first-order valence-electron chi connectivity index (χ1n) is 4.50. The van der Waals surface area contributed by atoms with Crippen LogP contribution in [0.5, 0.6) is 5.75 Å². The van der Waals surface area contributed by atoms with Crippen molar-refractivity contribution in [3.63, 3.8) is 0 Å². The van der Waals surface area contributed by atoms with Crippen LogP contribution in [0.1, 0.15) is 5.56 Å². The first kappa shape index (κ1) is 11.8. The molecule has 0 unspecified atom stereocenters. The summed E-state index contributed by atoms with van der Waals surface area (Å²) in [7, 11) is 0. The Hall–Kier alpha value is -2.30. The molecule has 0 aliphatic carbocycles. The van der Waals surface area contributed by atoms with Gasteiger partial charge in [-0.15, -0.1) is 0 Å². The lowest BCUT2D eigenvalue weighted by Crippen LogP contribution is -2.09. The van der Waals surface area contributed by atoms with Crippen molar-refractivity contribution in [2.24, 2.45) is 0 Å². The molecule has 1 rings (SSSR count). The number of carboxylic acids is 1. The van der Waals surface area contributed by atoms with Gasteiger partial charge in [0.25, 0.3) is 0 Å². The number of carbonyl (C=O) groups is 2. The van der Waals surface area contributed by atoms with Crippen molar-refractivity contribution in [3.8, 4) is 5.75 Å². The molecule has 84 valence electrons. The van der Waals surface area contributed by atoms with Crippen molar-refractivity contribution in [2.45, 2.75) is 6.92 Å². The molecule has 0 saturated carbocycles. The van der Waals surface area contributed by atoms with Crippen molar-refractivity contribution < 1.29 is 19.8 Å². The molecule has 0 spiro atoms. The van der Waals surface area contributed by atoms with E-state index < -0.39 is 11.9 Å².